The highest BCUT2D eigenvalue weighted by molar-refractivity contribution is 7.88. The molecular formula is C32H42F2N6O3S. The maximum atomic E-state index is 14.9. The van der Waals surface area contributed by atoms with Crippen molar-refractivity contribution in [2.45, 2.75) is 64.6 Å². The van der Waals surface area contributed by atoms with Crippen molar-refractivity contribution in [3.63, 3.8) is 0 Å². The summed E-state index contributed by atoms with van der Waals surface area (Å²) in [5, 5.41) is 3.00. The number of nitrogens with one attached hydrogen (secondary N) is 2. The number of carbonyl (C=O) groups is 1. The van der Waals surface area contributed by atoms with Crippen LogP contribution < -0.4 is 14.9 Å². The number of likely N-dealkylation sites (tertiary alicyclic amines) is 1. The Morgan fingerprint density at radius 2 is 1.80 bits per heavy atom. The molecule has 1 amide bonds. The molecule has 5 rings (SSSR count). The second-order valence-electron chi connectivity index (χ2n) is 13.1. The summed E-state index contributed by atoms with van der Waals surface area (Å²) >= 11 is 0. The van der Waals surface area contributed by atoms with Gasteiger partial charge in [-0.05, 0) is 69.4 Å². The molecule has 2 aromatic carbocycles. The van der Waals surface area contributed by atoms with Gasteiger partial charge in [0.05, 0.1) is 18.7 Å². The van der Waals surface area contributed by atoms with Crippen molar-refractivity contribution in [1.82, 2.24) is 19.2 Å². The number of benzene rings is 2. The lowest BCUT2D eigenvalue weighted by Gasteiger charge is -2.35. The van der Waals surface area contributed by atoms with E-state index in [4.69, 9.17) is 0 Å². The number of piperidine rings is 1. The molecule has 2 aliphatic heterocycles. The molecule has 0 saturated carbocycles. The molecule has 2 aliphatic rings. The Balaban J connectivity index is 1.34. The molecule has 9 nitrogen and oxygen atoms in total. The van der Waals surface area contributed by atoms with Gasteiger partial charge in [0, 0.05) is 67.8 Å². The van der Waals surface area contributed by atoms with Gasteiger partial charge in [-0.2, -0.15) is 0 Å². The second kappa shape index (κ2) is 12.6. The number of halogens is 2. The minimum Gasteiger partial charge on any atom is -0.371 e. The molecule has 2 saturated heterocycles. The zero-order chi connectivity index (χ0) is 31.8. The van der Waals surface area contributed by atoms with E-state index in [1.54, 1.807) is 6.20 Å². The van der Waals surface area contributed by atoms with Crippen LogP contribution in [-0.2, 0) is 21.4 Å². The first-order valence-corrected chi connectivity index (χ1v) is 16.9. The van der Waals surface area contributed by atoms with Crippen LogP contribution in [0.5, 0.6) is 0 Å². The third-order valence-corrected chi connectivity index (χ3v) is 9.48. The number of aryl methyl sites for hydroxylation is 1. The van der Waals surface area contributed by atoms with Crippen molar-refractivity contribution in [3.8, 4) is 0 Å². The average molecular weight is 629 g/mol. The number of imidazole rings is 1. The number of rotatable bonds is 8. The van der Waals surface area contributed by atoms with E-state index >= 15 is 0 Å². The van der Waals surface area contributed by atoms with E-state index in [1.807, 2.05) is 23.8 Å². The van der Waals surface area contributed by atoms with Crippen LogP contribution in [0.25, 0.3) is 0 Å². The molecule has 0 radical (unpaired) electrons. The highest BCUT2D eigenvalue weighted by Crippen LogP contribution is 2.38. The predicted octanol–water partition coefficient (Wildman–Crippen LogP) is 4.49. The van der Waals surface area contributed by atoms with E-state index < -0.39 is 33.5 Å². The fraction of sp³-hybridized carbons (Fsp3) is 0.500. The number of sulfonamides is 1. The minimum atomic E-state index is -3.26. The highest BCUT2D eigenvalue weighted by atomic mass is 32.2. The first kappa shape index (κ1) is 32.1. The zero-order valence-electron chi connectivity index (χ0n) is 26.0. The first-order valence-electron chi connectivity index (χ1n) is 15.0. The van der Waals surface area contributed by atoms with Gasteiger partial charge in [0.25, 0.3) is 0 Å². The van der Waals surface area contributed by atoms with E-state index in [2.05, 4.69) is 57.7 Å². The van der Waals surface area contributed by atoms with Crippen molar-refractivity contribution in [1.29, 1.82) is 0 Å². The molecule has 2 fully saturated rings. The second-order valence-corrected chi connectivity index (χ2v) is 14.9. The first-order chi connectivity index (χ1) is 20.7. The maximum Gasteiger partial charge on any atom is 0.231 e. The van der Waals surface area contributed by atoms with Crippen LogP contribution in [0.2, 0.25) is 0 Å². The van der Waals surface area contributed by atoms with Crippen molar-refractivity contribution in [2.24, 2.45) is 5.92 Å². The molecule has 1 unspecified atom stereocenters. The SMILES string of the molecule is Cc1ccc(Cn2ccnc2NC(=O)C2CN(C(C)(C)C)C[C@H]2c2ccc(F)cc2F)c(N2CCC(NS(C)(=O)=O)CC2)c1. The van der Waals surface area contributed by atoms with Crippen LogP contribution >= 0.6 is 0 Å². The van der Waals surface area contributed by atoms with E-state index in [9.17, 15) is 22.0 Å². The molecule has 0 spiro atoms. The number of amides is 1. The van der Waals surface area contributed by atoms with Crippen LogP contribution in [0, 0.1) is 24.5 Å². The van der Waals surface area contributed by atoms with Gasteiger partial charge in [-0.15, -0.1) is 0 Å². The summed E-state index contributed by atoms with van der Waals surface area (Å²) in [6.07, 6.45) is 6.05. The Morgan fingerprint density at radius 3 is 2.45 bits per heavy atom. The summed E-state index contributed by atoms with van der Waals surface area (Å²) in [4.78, 5) is 22.7. The van der Waals surface area contributed by atoms with Crippen LogP contribution in [0.3, 0.4) is 0 Å². The van der Waals surface area contributed by atoms with Crippen LogP contribution in [0.1, 0.15) is 56.2 Å². The van der Waals surface area contributed by atoms with Gasteiger partial charge in [0.2, 0.25) is 21.9 Å². The third kappa shape index (κ3) is 7.47. The Kier molecular flexibility index (Phi) is 9.16. The summed E-state index contributed by atoms with van der Waals surface area (Å²) in [7, 11) is -3.26. The zero-order valence-corrected chi connectivity index (χ0v) is 26.8. The topological polar surface area (TPSA) is 99.6 Å². The molecular weight excluding hydrogens is 586 g/mol. The van der Waals surface area contributed by atoms with Crippen LogP contribution in [-0.4, -0.2) is 72.8 Å². The number of hydrogen-bond donors (Lipinski definition) is 2. The van der Waals surface area contributed by atoms with Gasteiger partial charge in [-0.3, -0.25) is 15.0 Å². The Morgan fingerprint density at radius 1 is 1.07 bits per heavy atom. The fourth-order valence-electron chi connectivity index (χ4n) is 6.32. The van der Waals surface area contributed by atoms with Gasteiger partial charge in [-0.25, -0.2) is 26.9 Å². The van der Waals surface area contributed by atoms with E-state index in [-0.39, 0.29) is 17.5 Å². The number of carbonyl (C=O) groups excluding carboxylic acids is 1. The molecule has 1 aromatic heterocycles. The van der Waals surface area contributed by atoms with Gasteiger partial charge in [0.1, 0.15) is 11.6 Å². The van der Waals surface area contributed by atoms with Crippen molar-refractivity contribution >= 4 is 27.6 Å². The summed E-state index contributed by atoms with van der Waals surface area (Å²) < 4.78 is 56.6. The molecule has 2 N–H and O–H groups in total. The molecule has 3 aromatic rings. The third-order valence-electron chi connectivity index (χ3n) is 8.72. The minimum absolute atomic E-state index is 0.0815. The molecule has 2 atom stereocenters. The van der Waals surface area contributed by atoms with Crippen LogP contribution in [0.4, 0.5) is 20.4 Å². The number of nitrogens with zero attached hydrogens (tertiary/aromatic N) is 4. The molecule has 12 heteroatoms. The largest absolute Gasteiger partial charge is 0.371 e. The van der Waals surface area contributed by atoms with Crippen molar-refractivity contribution < 1.29 is 22.0 Å². The fourth-order valence-corrected chi connectivity index (χ4v) is 7.17. The molecule has 0 bridgehead atoms. The summed E-state index contributed by atoms with van der Waals surface area (Å²) in [6.45, 7) is 11.0. The molecule has 0 aliphatic carbocycles. The van der Waals surface area contributed by atoms with Crippen molar-refractivity contribution in [2.75, 3.05) is 42.7 Å². The summed E-state index contributed by atoms with van der Waals surface area (Å²) in [5.74, 6) is -2.16. The Hall–Kier alpha value is -3.35. The number of hydrogen-bond acceptors (Lipinski definition) is 6. The quantitative estimate of drug-likeness (QED) is 0.382. The molecule has 238 valence electrons. The number of anilines is 2. The monoisotopic (exact) mass is 628 g/mol. The summed E-state index contributed by atoms with van der Waals surface area (Å²) in [6, 6.07) is 9.74. The normalized spacial score (nSPS) is 20.3. The lowest BCUT2D eigenvalue weighted by Crippen LogP contribution is -2.44. The lowest BCUT2D eigenvalue weighted by atomic mass is 9.88. The van der Waals surface area contributed by atoms with Crippen LogP contribution in [0.15, 0.2) is 48.8 Å². The lowest BCUT2D eigenvalue weighted by molar-refractivity contribution is -0.120. The number of aromatic nitrogens is 2. The van der Waals surface area contributed by atoms with Gasteiger partial charge < -0.3 is 9.47 Å². The van der Waals surface area contributed by atoms with Crippen molar-refractivity contribution in [3.05, 3.63) is 77.1 Å². The summed E-state index contributed by atoms with van der Waals surface area (Å²) in [5.41, 5.74) is 3.32. The van der Waals surface area contributed by atoms with E-state index in [0.29, 0.717) is 57.1 Å². The van der Waals surface area contributed by atoms with Gasteiger partial charge in [-0.1, -0.05) is 18.2 Å². The molecule has 3 heterocycles. The molecule has 44 heavy (non-hydrogen) atoms. The standard InChI is InChI=1S/C32H42F2N6O3S/c1-21-6-7-22(29(16-21)38-13-10-24(11-14-38)37-44(5,42)43)18-39-15-12-35-31(39)36-30(41)27-20-40(32(2,3)4)19-26(27)25-9-8-23(33)17-28(25)34/h6-9,12,15-17,24,26-27,37H,10-11,13-14,18-20H2,1-5H3,(H,35,36,41)/t26-,27?/m0/s1. The van der Waals surface area contributed by atoms with Gasteiger partial charge in [0.15, 0.2) is 0 Å². The maximum absolute atomic E-state index is 14.9. The van der Waals surface area contributed by atoms with Gasteiger partial charge >= 0.3 is 0 Å². The smallest absolute Gasteiger partial charge is 0.231 e. The van der Waals surface area contributed by atoms with E-state index in [0.717, 1.165) is 22.9 Å². The Labute approximate surface area is 258 Å². The van der Waals surface area contributed by atoms with E-state index in [1.165, 1.54) is 18.4 Å². The average Bonchev–Trinajstić information content (AvgIpc) is 3.57. The predicted molar refractivity (Wildman–Crippen MR) is 168 cm³/mol. The highest BCUT2D eigenvalue weighted by Gasteiger charge is 2.43. The Bertz CT molecular complexity index is 1610.